The molecule has 8 heteroatoms. The highest BCUT2D eigenvalue weighted by molar-refractivity contribution is 5.94. The summed E-state index contributed by atoms with van der Waals surface area (Å²) in [7, 11) is 0. The van der Waals surface area contributed by atoms with Crippen LogP contribution in [0.15, 0.2) is 73.1 Å². The van der Waals surface area contributed by atoms with Gasteiger partial charge in [0, 0.05) is 42.2 Å². The summed E-state index contributed by atoms with van der Waals surface area (Å²) in [6.07, 6.45) is 2.44. The van der Waals surface area contributed by atoms with Crippen LogP contribution in [0.4, 0.5) is 5.69 Å². The molecule has 0 aliphatic rings. The van der Waals surface area contributed by atoms with Gasteiger partial charge in [0.1, 0.15) is 12.4 Å². The van der Waals surface area contributed by atoms with Crippen molar-refractivity contribution < 1.29 is 19.6 Å². The number of benzene rings is 2. The largest absolute Gasteiger partial charge is 0.489 e. The molecular formula is C21H19N3O5. The topological polar surface area (TPSA) is 115 Å². The molecule has 29 heavy (non-hydrogen) atoms. The van der Waals surface area contributed by atoms with Crippen LogP contribution in [0.3, 0.4) is 0 Å². The number of amides is 1. The Morgan fingerprint density at radius 3 is 2.48 bits per heavy atom. The van der Waals surface area contributed by atoms with Gasteiger partial charge in [-0.15, -0.1) is 0 Å². The lowest BCUT2D eigenvalue weighted by Crippen LogP contribution is -2.28. The number of aliphatic hydroxyl groups is 1. The number of hydrogen-bond acceptors (Lipinski definition) is 6. The number of aromatic nitrogens is 1. The molecule has 148 valence electrons. The zero-order chi connectivity index (χ0) is 20.6. The number of rotatable bonds is 8. The lowest BCUT2D eigenvalue weighted by Gasteiger charge is -2.12. The fourth-order valence-corrected chi connectivity index (χ4v) is 2.58. The number of hydrogen-bond donors (Lipinski definition) is 2. The Hall–Kier alpha value is -3.78. The highest BCUT2D eigenvalue weighted by Crippen LogP contribution is 2.18. The normalized spacial score (nSPS) is 11.5. The van der Waals surface area contributed by atoms with Crippen molar-refractivity contribution in [3.63, 3.8) is 0 Å². The number of pyridine rings is 1. The molecule has 0 unspecified atom stereocenters. The predicted octanol–water partition coefficient (Wildman–Crippen LogP) is 3.03. The third kappa shape index (κ3) is 5.60. The number of carbonyl (C=O) groups excluding carboxylic acids is 1. The second-order valence-corrected chi connectivity index (χ2v) is 6.25. The summed E-state index contributed by atoms with van der Waals surface area (Å²) < 4.78 is 5.65. The predicted molar refractivity (Wildman–Crippen MR) is 105 cm³/mol. The maximum Gasteiger partial charge on any atom is 0.269 e. The van der Waals surface area contributed by atoms with Crippen LogP contribution in [0.25, 0.3) is 0 Å². The maximum atomic E-state index is 12.3. The van der Waals surface area contributed by atoms with Crippen LogP contribution in [0, 0.1) is 10.1 Å². The smallest absolute Gasteiger partial charge is 0.269 e. The van der Waals surface area contributed by atoms with Crippen molar-refractivity contribution >= 4 is 11.6 Å². The molecule has 1 atom stereocenters. The molecule has 0 spiro atoms. The van der Waals surface area contributed by atoms with Crippen molar-refractivity contribution in [3.05, 3.63) is 99.9 Å². The number of nitro benzene ring substituents is 1. The Labute approximate surface area is 166 Å². The van der Waals surface area contributed by atoms with Crippen LogP contribution in [0.1, 0.15) is 27.6 Å². The molecule has 0 radical (unpaired) electrons. The van der Waals surface area contributed by atoms with Crippen molar-refractivity contribution in [1.82, 2.24) is 10.3 Å². The minimum Gasteiger partial charge on any atom is -0.489 e. The molecule has 0 aliphatic heterocycles. The molecule has 8 nitrogen and oxygen atoms in total. The molecule has 3 aromatic rings. The summed E-state index contributed by atoms with van der Waals surface area (Å²) in [5, 5.41) is 23.5. The summed E-state index contributed by atoms with van der Waals surface area (Å²) in [6.45, 7) is 0.358. The van der Waals surface area contributed by atoms with Gasteiger partial charge in [-0.1, -0.05) is 6.07 Å². The Balaban J connectivity index is 1.50. The number of nitrogens with zero attached hydrogens (tertiary/aromatic N) is 2. The van der Waals surface area contributed by atoms with Gasteiger partial charge in [-0.25, -0.2) is 0 Å². The Morgan fingerprint density at radius 2 is 1.86 bits per heavy atom. The standard InChI is InChI=1S/C21H19N3O5/c25-20(16-3-7-18(8-4-16)24(27)28)13-23-21(26)17-5-9-19(10-6-17)29-14-15-2-1-11-22-12-15/h1-12,20,25H,13-14H2,(H,23,26)/t20-/m1/s1. The van der Waals surface area contributed by atoms with E-state index in [2.05, 4.69) is 10.3 Å². The molecule has 1 heterocycles. The molecule has 1 aromatic heterocycles. The summed E-state index contributed by atoms with van der Waals surface area (Å²) in [5.74, 6) is 0.279. The number of nitro groups is 1. The Kier molecular flexibility index (Phi) is 6.49. The van der Waals surface area contributed by atoms with E-state index in [9.17, 15) is 20.0 Å². The first kappa shape index (κ1) is 20.0. The van der Waals surface area contributed by atoms with Crippen LogP contribution in [-0.4, -0.2) is 27.5 Å². The monoisotopic (exact) mass is 393 g/mol. The van der Waals surface area contributed by atoms with Gasteiger partial charge in [0.15, 0.2) is 0 Å². The molecule has 3 rings (SSSR count). The van der Waals surface area contributed by atoms with E-state index in [-0.39, 0.29) is 18.1 Å². The van der Waals surface area contributed by atoms with E-state index >= 15 is 0 Å². The molecule has 0 fully saturated rings. The van der Waals surface area contributed by atoms with Gasteiger partial charge in [0.2, 0.25) is 0 Å². The van der Waals surface area contributed by atoms with Gasteiger partial charge >= 0.3 is 0 Å². The molecule has 0 bridgehead atoms. The van der Waals surface area contributed by atoms with E-state index in [0.29, 0.717) is 23.5 Å². The zero-order valence-electron chi connectivity index (χ0n) is 15.4. The number of non-ortho nitro benzene ring substituents is 1. The van der Waals surface area contributed by atoms with Crippen LogP contribution >= 0.6 is 0 Å². The fourth-order valence-electron chi connectivity index (χ4n) is 2.58. The lowest BCUT2D eigenvalue weighted by molar-refractivity contribution is -0.384. The highest BCUT2D eigenvalue weighted by Gasteiger charge is 2.13. The first-order chi connectivity index (χ1) is 14.0. The first-order valence-electron chi connectivity index (χ1n) is 8.85. The van der Waals surface area contributed by atoms with Crippen LogP contribution in [-0.2, 0) is 6.61 Å². The minimum atomic E-state index is -0.971. The molecule has 0 saturated heterocycles. The molecule has 1 amide bonds. The summed E-state index contributed by atoms with van der Waals surface area (Å²) >= 11 is 0. The van der Waals surface area contributed by atoms with Crippen molar-refractivity contribution in [3.8, 4) is 5.75 Å². The average Bonchev–Trinajstić information content (AvgIpc) is 2.77. The molecular weight excluding hydrogens is 374 g/mol. The lowest BCUT2D eigenvalue weighted by atomic mass is 10.1. The van der Waals surface area contributed by atoms with Gasteiger partial charge in [0.05, 0.1) is 11.0 Å². The van der Waals surface area contributed by atoms with Gasteiger partial charge < -0.3 is 15.2 Å². The van der Waals surface area contributed by atoms with E-state index in [1.807, 2.05) is 12.1 Å². The molecule has 0 aliphatic carbocycles. The Morgan fingerprint density at radius 1 is 1.14 bits per heavy atom. The molecule has 2 aromatic carbocycles. The summed E-state index contributed by atoms with van der Waals surface area (Å²) in [4.78, 5) is 26.4. The molecule has 2 N–H and O–H groups in total. The van der Waals surface area contributed by atoms with Gasteiger partial charge in [-0.3, -0.25) is 19.9 Å². The van der Waals surface area contributed by atoms with E-state index in [1.54, 1.807) is 36.7 Å². The van der Waals surface area contributed by atoms with Crippen molar-refractivity contribution in [2.75, 3.05) is 6.54 Å². The number of carbonyl (C=O) groups is 1. The van der Waals surface area contributed by atoms with Crippen LogP contribution in [0.5, 0.6) is 5.75 Å². The zero-order valence-corrected chi connectivity index (χ0v) is 15.4. The second-order valence-electron chi connectivity index (χ2n) is 6.25. The fraction of sp³-hybridized carbons (Fsp3) is 0.143. The van der Waals surface area contributed by atoms with Crippen molar-refractivity contribution in [2.24, 2.45) is 0 Å². The van der Waals surface area contributed by atoms with E-state index in [1.165, 1.54) is 24.3 Å². The average molecular weight is 393 g/mol. The summed E-state index contributed by atoms with van der Waals surface area (Å²) in [6, 6.07) is 15.9. The second kappa shape index (κ2) is 9.43. The number of aliphatic hydroxyl groups excluding tert-OH is 1. The quantitative estimate of drug-likeness (QED) is 0.449. The highest BCUT2D eigenvalue weighted by atomic mass is 16.6. The Bertz CT molecular complexity index is 960. The van der Waals surface area contributed by atoms with E-state index < -0.39 is 11.0 Å². The van der Waals surface area contributed by atoms with Crippen molar-refractivity contribution in [1.29, 1.82) is 0 Å². The van der Waals surface area contributed by atoms with Crippen LogP contribution in [0.2, 0.25) is 0 Å². The van der Waals surface area contributed by atoms with Crippen LogP contribution < -0.4 is 10.1 Å². The first-order valence-corrected chi connectivity index (χ1v) is 8.85. The molecule has 0 saturated carbocycles. The maximum absolute atomic E-state index is 12.3. The minimum absolute atomic E-state index is 0.0180. The van der Waals surface area contributed by atoms with Gasteiger partial charge in [-0.05, 0) is 48.0 Å². The number of ether oxygens (including phenoxy) is 1. The third-order valence-electron chi connectivity index (χ3n) is 4.19. The van der Waals surface area contributed by atoms with Crippen molar-refractivity contribution in [2.45, 2.75) is 12.7 Å². The summed E-state index contributed by atoms with van der Waals surface area (Å²) in [5.41, 5.74) is 1.79. The third-order valence-corrected chi connectivity index (χ3v) is 4.19. The SMILES string of the molecule is O=C(NC[C@@H](O)c1ccc([N+](=O)[O-])cc1)c1ccc(OCc2cccnc2)cc1. The number of nitrogens with one attached hydrogen (secondary N) is 1. The van der Waals surface area contributed by atoms with Gasteiger partial charge in [-0.2, -0.15) is 0 Å². The van der Waals surface area contributed by atoms with Gasteiger partial charge in [0.25, 0.3) is 11.6 Å². The van der Waals surface area contributed by atoms with E-state index in [4.69, 9.17) is 4.74 Å². The van der Waals surface area contributed by atoms with E-state index in [0.717, 1.165) is 5.56 Å².